The highest BCUT2D eigenvalue weighted by Crippen LogP contribution is 2.02. The van der Waals surface area contributed by atoms with Gasteiger partial charge in [-0.2, -0.15) is 0 Å². The largest absolute Gasteiger partial charge is 0.468 e. The number of carbonyl (C=O) groups is 1. The number of halogens is 1. The number of alkyl halides is 1. The highest BCUT2D eigenvalue weighted by atomic mass is 35.5. The molecule has 1 atom stereocenters. The zero-order valence-electron chi connectivity index (χ0n) is 5.47. The van der Waals surface area contributed by atoms with E-state index in [2.05, 4.69) is 4.74 Å². The summed E-state index contributed by atoms with van der Waals surface area (Å²) in [6, 6.07) is 0. The molecule has 9 heavy (non-hydrogen) atoms. The Labute approximate surface area is 60.1 Å². The van der Waals surface area contributed by atoms with Gasteiger partial charge in [-0.15, -0.1) is 11.6 Å². The summed E-state index contributed by atoms with van der Waals surface area (Å²) >= 11 is 5.61. The summed E-state index contributed by atoms with van der Waals surface area (Å²) in [6.07, 6.45) is 1.75. The molecule has 0 aromatic rings. The minimum atomic E-state index is 0.181. The van der Waals surface area contributed by atoms with Crippen LogP contribution in [-0.4, -0.2) is 18.5 Å². The Bertz CT molecular complexity index is 73.5. The molecule has 0 rings (SSSR count). The second-order valence-corrected chi connectivity index (χ2v) is 2.64. The molecule has 0 aliphatic heterocycles. The van der Waals surface area contributed by atoms with Gasteiger partial charge in [0.1, 0.15) is 0 Å². The molecule has 1 unspecified atom stereocenters. The van der Waals surface area contributed by atoms with E-state index in [1.165, 1.54) is 0 Å². The lowest BCUT2D eigenvalue weighted by molar-refractivity contribution is -0.128. The Kier molecular flexibility index (Phi) is 5.73. The molecule has 0 aliphatic carbocycles. The van der Waals surface area contributed by atoms with Crippen LogP contribution in [0, 0.1) is 0 Å². The van der Waals surface area contributed by atoms with Gasteiger partial charge in [-0.1, -0.05) is 0 Å². The van der Waals surface area contributed by atoms with E-state index >= 15 is 0 Å². The maximum Gasteiger partial charge on any atom is 0.293 e. The minimum absolute atomic E-state index is 0.181. The van der Waals surface area contributed by atoms with Crippen molar-refractivity contribution in [3.63, 3.8) is 0 Å². The lowest BCUT2D eigenvalue weighted by Gasteiger charge is -1.99. The Hall–Kier alpha value is -0.240. The maximum atomic E-state index is 9.59. The van der Waals surface area contributed by atoms with Crippen LogP contribution in [0.3, 0.4) is 0 Å². The Morgan fingerprint density at radius 1 is 1.78 bits per heavy atom. The number of carbonyl (C=O) groups excluding carboxylic acids is 1. The van der Waals surface area contributed by atoms with Gasteiger partial charge in [0.2, 0.25) is 0 Å². The van der Waals surface area contributed by atoms with Crippen LogP contribution < -0.4 is 0 Å². The van der Waals surface area contributed by atoms with Crippen molar-refractivity contribution in [2.24, 2.45) is 0 Å². The molecular formula is C6H11ClO2. The number of rotatable bonds is 5. The van der Waals surface area contributed by atoms with Gasteiger partial charge in [-0.25, -0.2) is 0 Å². The van der Waals surface area contributed by atoms with E-state index in [4.69, 9.17) is 11.6 Å². The molecule has 0 N–H and O–H groups in total. The molecule has 0 aromatic heterocycles. The summed E-state index contributed by atoms with van der Waals surface area (Å²) in [6.45, 7) is 2.86. The summed E-state index contributed by atoms with van der Waals surface area (Å²) in [7, 11) is 0. The Morgan fingerprint density at radius 3 is 2.89 bits per heavy atom. The van der Waals surface area contributed by atoms with Gasteiger partial charge in [0.25, 0.3) is 6.47 Å². The van der Waals surface area contributed by atoms with Crippen LogP contribution >= 0.6 is 11.6 Å². The van der Waals surface area contributed by atoms with Crippen LogP contribution in [-0.2, 0) is 9.53 Å². The van der Waals surface area contributed by atoms with E-state index in [0.717, 1.165) is 12.8 Å². The lowest BCUT2D eigenvalue weighted by atomic mass is 10.3. The second-order valence-electron chi connectivity index (χ2n) is 1.89. The molecular weight excluding hydrogens is 140 g/mol. The minimum Gasteiger partial charge on any atom is -0.468 e. The average Bonchev–Trinajstić information content (AvgIpc) is 1.80. The Morgan fingerprint density at radius 2 is 2.44 bits per heavy atom. The van der Waals surface area contributed by atoms with Gasteiger partial charge in [0.05, 0.1) is 6.61 Å². The molecule has 0 spiro atoms. The summed E-state index contributed by atoms with van der Waals surface area (Å²) < 4.78 is 4.44. The molecule has 0 aliphatic rings. The first-order valence-electron chi connectivity index (χ1n) is 2.96. The average molecular weight is 151 g/mol. The molecule has 0 radical (unpaired) electrons. The molecule has 0 saturated heterocycles. The van der Waals surface area contributed by atoms with Crippen molar-refractivity contribution >= 4 is 18.1 Å². The van der Waals surface area contributed by atoms with Crippen LogP contribution in [0.5, 0.6) is 0 Å². The zero-order chi connectivity index (χ0) is 7.11. The van der Waals surface area contributed by atoms with Gasteiger partial charge < -0.3 is 4.74 Å². The fraction of sp³-hybridized carbons (Fsp3) is 0.833. The van der Waals surface area contributed by atoms with Gasteiger partial charge in [0.15, 0.2) is 0 Å². The van der Waals surface area contributed by atoms with E-state index in [1.807, 2.05) is 6.92 Å². The summed E-state index contributed by atoms with van der Waals surface area (Å²) in [4.78, 5) is 9.59. The summed E-state index contributed by atoms with van der Waals surface area (Å²) in [5.41, 5.74) is 0. The van der Waals surface area contributed by atoms with Crippen molar-refractivity contribution in [3.05, 3.63) is 0 Å². The van der Waals surface area contributed by atoms with Crippen molar-refractivity contribution in [1.82, 2.24) is 0 Å². The first-order chi connectivity index (χ1) is 4.27. The number of ether oxygens (including phenoxy) is 1. The standard InChI is InChI=1S/C6H11ClO2/c1-6(7)3-2-4-9-5-8/h5-6H,2-4H2,1H3. The fourth-order valence-corrected chi connectivity index (χ4v) is 0.650. The van der Waals surface area contributed by atoms with Crippen molar-refractivity contribution in [2.75, 3.05) is 6.61 Å². The first kappa shape index (κ1) is 8.76. The Balaban J connectivity index is 2.82. The van der Waals surface area contributed by atoms with Gasteiger partial charge in [-0.3, -0.25) is 4.79 Å². The highest BCUT2D eigenvalue weighted by Gasteiger charge is 1.94. The molecule has 3 heteroatoms. The normalized spacial score (nSPS) is 12.7. The molecule has 54 valence electrons. The molecule has 0 aromatic carbocycles. The lowest BCUT2D eigenvalue weighted by Crippen LogP contribution is -1.96. The molecule has 0 fully saturated rings. The van der Waals surface area contributed by atoms with E-state index in [1.54, 1.807) is 0 Å². The van der Waals surface area contributed by atoms with Crippen molar-refractivity contribution in [2.45, 2.75) is 25.1 Å². The predicted molar refractivity (Wildman–Crippen MR) is 36.6 cm³/mol. The van der Waals surface area contributed by atoms with Crippen LogP contribution in [0.25, 0.3) is 0 Å². The monoisotopic (exact) mass is 150 g/mol. The third-order valence-electron chi connectivity index (χ3n) is 0.932. The molecule has 0 bridgehead atoms. The van der Waals surface area contributed by atoms with Crippen LogP contribution in [0.4, 0.5) is 0 Å². The van der Waals surface area contributed by atoms with Crippen LogP contribution in [0.1, 0.15) is 19.8 Å². The van der Waals surface area contributed by atoms with Crippen LogP contribution in [0.2, 0.25) is 0 Å². The van der Waals surface area contributed by atoms with Crippen molar-refractivity contribution in [1.29, 1.82) is 0 Å². The van der Waals surface area contributed by atoms with Crippen molar-refractivity contribution in [3.8, 4) is 0 Å². The van der Waals surface area contributed by atoms with E-state index in [-0.39, 0.29) is 5.38 Å². The molecule has 0 saturated carbocycles. The quantitative estimate of drug-likeness (QED) is 0.338. The predicted octanol–water partition coefficient (Wildman–Crippen LogP) is 1.57. The zero-order valence-corrected chi connectivity index (χ0v) is 6.23. The topological polar surface area (TPSA) is 26.3 Å². The van der Waals surface area contributed by atoms with Gasteiger partial charge in [0, 0.05) is 5.38 Å². The maximum absolute atomic E-state index is 9.59. The third-order valence-corrected chi connectivity index (χ3v) is 1.15. The summed E-state index contributed by atoms with van der Waals surface area (Å²) in [5, 5.41) is 0.181. The molecule has 2 nitrogen and oxygen atoms in total. The fourth-order valence-electron chi connectivity index (χ4n) is 0.496. The second kappa shape index (κ2) is 5.89. The van der Waals surface area contributed by atoms with E-state index in [9.17, 15) is 4.79 Å². The number of hydrogen-bond donors (Lipinski definition) is 0. The van der Waals surface area contributed by atoms with Gasteiger partial charge >= 0.3 is 0 Å². The SMILES string of the molecule is CC(Cl)CCCOC=O. The highest BCUT2D eigenvalue weighted by molar-refractivity contribution is 6.20. The summed E-state index contributed by atoms with van der Waals surface area (Å²) in [5.74, 6) is 0. The van der Waals surface area contributed by atoms with Crippen molar-refractivity contribution < 1.29 is 9.53 Å². The van der Waals surface area contributed by atoms with E-state index in [0.29, 0.717) is 13.1 Å². The first-order valence-corrected chi connectivity index (χ1v) is 3.40. The molecule has 0 amide bonds. The van der Waals surface area contributed by atoms with Gasteiger partial charge in [-0.05, 0) is 19.8 Å². The van der Waals surface area contributed by atoms with Crippen LogP contribution in [0.15, 0.2) is 0 Å². The van der Waals surface area contributed by atoms with E-state index < -0.39 is 0 Å². The smallest absolute Gasteiger partial charge is 0.293 e. The molecule has 0 heterocycles. The third kappa shape index (κ3) is 7.76. The number of hydrogen-bond acceptors (Lipinski definition) is 2.